The number of benzene rings is 1. The Kier molecular flexibility index (Phi) is 5.81. The number of hydrogen-bond donors (Lipinski definition) is 4. The van der Waals surface area contributed by atoms with Gasteiger partial charge in [-0.1, -0.05) is 25.5 Å². The van der Waals surface area contributed by atoms with Gasteiger partial charge in [-0.05, 0) is 24.1 Å². The minimum absolute atomic E-state index is 0.569. The van der Waals surface area contributed by atoms with Crippen molar-refractivity contribution in [3.8, 4) is 0 Å². The zero-order valence-corrected chi connectivity index (χ0v) is 10.7. The third-order valence-electron chi connectivity index (χ3n) is 2.54. The number of aliphatic carboxylic acids is 1. The number of aliphatic hydroxyl groups is 1. The second-order valence-corrected chi connectivity index (χ2v) is 4.12. The molecule has 6 nitrogen and oxygen atoms in total. The summed E-state index contributed by atoms with van der Waals surface area (Å²) in [5.41, 5.74) is 1.74. The number of amides is 2. The Morgan fingerprint density at radius 1 is 1.26 bits per heavy atom. The van der Waals surface area contributed by atoms with Crippen LogP contribution in [0.3, 0.4) is 0 Å². The van der Waals surface area contributed by atoms with Crippen molar-refractivity contribution in [3.63, 3.8) is 0 Å². The van der Waals surface area contributed by atoms with Crippen LogP contribution in [0.1, 0.15) is 18.9 Å². The molecule has 0 fully saturated rings. The third-order valence-corrected chi connectivity index (χ3v) is 2.54. The molecule has 1 rings (SSSR count). The van der Waals surface area contributed by atoms with Crippen LogP contribution < -0.4 is 10.6 Å². The number of aliphatic hydroxyl groups excluding tert-OH is 1. The molecule has 2 amide bonds. The van der Waals surface area contributed by atoms with Crippen molar-refractivity contribution in [3.05, 3.63) is 29.8 Å². The fourth-order valence-corrected chi connectivity index (χ4v) is 1.55. The van der Waals surface area contributed by atoms with Crippen molar-refractivity contribution < 1.29 is 19.8 Å². The van der Waals surface area contributed by atoms with Gasteiger partial charge in [0.15, 0.2) is 6.04 Å². The molecule has 1 aromatic carbocycles. The van der Waals surface area contributed by atoms with Crippen molar-refractivity contribution in [1.82, 2.24) is 5.32 Å². The lowest BCUT2D eigenvalue weighted by atomic mass is 10.1. The molecule has 0 radical (unpaired) electrons. The molecule has 0 aliphatic heterocycles. The van der Waals surface area contributed by atoms with E-state index in [2.05, 4.69) is 17.6 Å². The first-order chi connectivity index (χ1) is 9.06. The third kappa shape index (κ3) is 4.97. The van der Waals surface area contributed by atoms with E-state index < -0.39 is 24.6 Å². The number of carboxylic acid groups (broad SMARTS) is 1. The summed E-state index contributed by atoms with van der Waals surface area (Å²) >= 11 is 0. The second-order valence-electron chi connectivity index (χ2n) is 4.12. The topological polar surface area (TPSA) is 98.7 Å². The maximum absolute atomic E-state index is 11.5. The fraction of sp³-hybridized carbons (Fsp3) is 0.385. The van der Waals surface area contributed by atoms with Gasteiger partial charge in [-0.3, -0.25) is 0 Å². The van der Waals surface area contributed by atoms with Gasteiger partial charge in [-0.2, -0.15) is 0 Å². The predicted molar refractivity (Wildman–Crippen MR) is 71.1 cm³/mol. The molecule has 0 bridgehead atoms. The van der Waals surface area contributed by atoms with Crippen molar-refractivity contribution in [1.29, 1.82) is 0 Å². The lowest BCUT2D eigenvalue weighted by Gasteiger charge is -2.12. The molecule has 0 heterocycles. The van der Waals surface area contributed by atoms with Crippen molar-refractivity contribution in [2.45, 2.75) is 25.8 Å². The van der Waals surface area contributed by atoms with Gasteiger partial charge in [0.2, 0.25) is 0 Å². The largest absolute Gasteiger partial charge is 0.480 e. The summed E-state index contributed by atoms with van der Waals surface area (Å²) in [6, 6.07) is 5.34. The van der Waals surface area contributed by atoms with Crippen LogP contribution in [0.5, 0.6) is 0 Å². The van der Waals surface area contributed by atoms with Crippen LogP contribution in [0, 0.1) is 0 Å². The van der Waals surface area contributed by atoms with Crippen LogP contribution in [0.4, 0.5) is 10.5 Å². The summed E-state index contributed by atoms with van der Waals surface area (Å²) in [4.78, 5) is 22.1. The Morgan fingerprint density at radius 2 is 1.89 bits per heavy atom. The molecule has 1 aromatic rings. The smallest absolute Gasteiger partial charge is 0.328 e. The van der Waals surface area contributed by atoms with Gasteiger partial charge in [-0.15, -0.1) is 0 Å². The number of hydrogen-bond acceptors (Lipinski definition) is 3. The standard InChI is InChI=1S/C13H18N2O4/c1-2-3-9-4-6-10(7-5-9)14-13(19)15-11(8-16)12(17)18/h4-7,11,16H,2-3,8H2,1H3,(H,17,18)(H2,14,15,19)/t11-/m1/s1. The van der Waals surface area contributed by atoms with Gasteiger partial charge in [0, 0.05) is 5.69 Å². The first-order valence-corrected chi connectivity index (χ1v) is 6.07. The van der Waals surface area contributed by atoms with Gasteiger partial charge in [0.05, 0.1) is 6.61 Å². The Bertz CT molecular complexity index is 431. The molecule has 1 atom stereocenters. The Labute approximate surface area is 111 Å². The van der Waals surface area contributed by atoms with Crippen molar-refractivity contribution in [2.24, 2.45) is 0 Å². The normalized spacial score (nSPS) is 11.7. The van der Waals surface area contributed by atoms with E-state index in [1.165, 1.54) is 5.56 Å². The number of carboxylic acids is 1. The monoisotopic (exact) mass is 266 g/mol. The Hall–Kier alpha value is -2.08. The molecule has 0 saturated carbocycles. The van der Waals surface area contributed by atoms with E-state index in [0.717, 1.165) is 12.8 Å². The zero-order chi connectivity index (χ0) is 14.3. The van der Waals surface area contributed by atoms with E-state index in [9.17, 15) is 9.59 Å². The van der Waals surface area contributed by atoms with Crippen LogP contribution >= 0.6 is 0 Å². The van der Waals surface area contributed by atoms with Crippen LogP contribution in [-0.2, 0) is 11.2 Å². The summed E-state index contributed by atoms with van der Waals surface area (Å²) in [7, 11) is 0. The van der Waals surface area contributed by atoms with Gasteiger partial charge in [-0.25, -0.2) is 9.59 Å². The maximum Gasteiger partial charge on any atom is 0.328 e. The molecule has 0 saturated heterocycles. The predicted octanol–water partition coefficient (Wildman–Crippen LogP) is 1.21. The molecular weight excluding hydrogens is 248 g/mol. The molecule has 0 unspecified atom stereocenters. The SMILES string of the molecule is CCCc1ccc(NC(=O)N[C@H](CO)C(=O)O)cc1. The van der Waals surface area contributed by atoms with Gasteiger partial charge in [0.25, 0.3) is 0 Å². The summed E-state index contributed by atoms with van der Waals surface area (Å²) in [6.45, 7) is 1.43. The summed E-state index contributed by atoms with van der Waals surface area (Å²) in [5.74, 6) is -1.28. The number of carbonyl (C=O) groups is 2. The molecular formula is C13H18N2O4. The summed E-state index contributed by atoms with van der Waals surface area (Å²) < 4.78 is 0. The molecule has 0 aliphatic rings. The van der Waals surface area contributed by atoms with Crippen molar-refractivity contribution in [2.75, 3.05) is 11.9 Å². The molecule has 104 valence electrons. The van der Waals surface area contributed by atoms with E-state index in [1.807, 2.05) is 12.1 Å². The second kappa shape index (κ2) is 7.38. The molecule has 0 aliphatic carbocycles. The van der Waals surface area contributed by atoms with Gasteiger partial charge in [0.1, 0.15) is 0 Å². The summed E-state index contributed by atoms with van der Waals surface area (Å²) in [6.07, 6.45) is 2.02. The van der Waals surface area contributed by atoms with Gasteiger partial charge < -0.3 is 20.8 Å². The van der Waals surface area contributed by atoms with E-state index in [0.29, 0.717) is 5.69 Å². The van der Waals surface area contributed by atoms with Crippen LogP contribution in [0.15, 0.2) is 24.3 Å². The molecule has 6 heteroatoms. The molecule has 0 spiro atoms. The lowest BCUT2D eigenvalue weighted by Crippen LogP contribution is -2.45. The van der Waals surface area contributed by atoms with Crippen LogP contribution in [0.2, 0.25) is 0 Å². The lowest BCUT2D eigenvalue weighted by molar-refractivity contribution is -0.140. The number of nitrogens with one attached hydrogen (secondary N) is 2. The number of anilines is 1. The Morgan fingerprint density at radius 3 is 2.37 bits per heavy atom. The quantitative estimate of drug-likeness (QED) is 0.622. The van der Waals surface area contributed by atoms with Crippen LogP contribution in [-0.4, -0.2) is 34.9 Å². The highest BCUT2D eigenvalue weighted by Crippen LogP contribution is 2.10. The average molecular weight is 266 g/mol. The van der Waals surface area contributed by atoms with E-state index in [-0.39, 0.29) is 0 Å². The number of carbonyl (C=O) groups excluding carboxylic acids is 1. The average Bonchev–Trinajstić information content (AvgIpc) is 2.38. The minimum Gasteiger partial charge on any atom is -0.480 e. The van der Waals surface area contributed by atoms with Crippen LogP contribution in [0.25, 0.3) is 0 Å². The first-order valence-electron chi connectivity index (χ1n) is 6.07. The number of urea groups is 1. The van der Waals surface area contributed by atoms with E-state index in [4.69, 9.17) is 10.2 Å². The highest BCUT2D eigenvalue weighted by atomic mass is 16.4. The summed E-state index contributed by atoms with van der Waals surface area (Å²) in [5, 5.41) is 22.1. The molecule has 19 heavy (non-hydrogen) atoms. The number of rotatable bonds is 6. The van der Waals surface area contributed by atoms with Gasteiger partial charge >= 0.3 is 12.0 Å². The number of aryl methyl sites for hydroxylation is 1. The first kappa shape index (κ1) is 15.0. The van der Waals surface area contributed by atoms with E-state index >= 15 is 0 Å². The minimum atomic E-state index is -1.31. The highest BCUT2D eigenvalue weighted by Gasteiger charge is 2.18. The maximum atomic E-state index is 11.5. The Balaban J connectivity index is 2.54. The highest BCUT2D eigenvalue weighted by molar-refractivity contribution is 5.92. The molecule has 0 aromatic heterocycles. The van der Waals surface area contributed by atoms with E-state index in [1.54, 1.807) is 12.1 Å². The molecule has 4 N–H and O–H groups in total. The van der Waals surface area contributed by atoms with Crippen molar-refractivity contribution >= 4 is 17.7 Å². The zero-order valence-electron chi connectivity index (χ0n) is 10.7. The fourth-order valence-electron chi connectivity index (χ4n) is 1.55.